The monoisotopic (exact) mass is 486 g/mol. The number of nitrogens with one attached hydrogen (secondary N) is 2. The van der Waals surface area contributed by atoms with E-state index in [0.29, 0.717) is 0 Å². The van der Waals surface area contributed by atoms with Crippen molar-refractivity contribution in [2.45, 2.75) is 49.7 Å². The van der Waals surface area contributed by atoms with E-state index in [4.69, 9.17) is 21.3 Å². The van der Waals surface area contributed by atoms with E-state index in [2.05, 4.69) is 15.6 Å². The number of nitrogens with zero attached hydrogens (tertiary/aromatic N) is 2. The van der Waals surface area contributed by atoms with Crippen molar-refractivity contribution < 1.29 is 49.2 Å². The molecule has 0 aliphatic carbocycles. The van der Waals surface area contributed by atoms with Crippen molar-refractivity contribution in [1.82, 2.24) is 15.7 Å². The Kier molecular flexibility index (Phi) is 9.02. The van der Waals surface area contributed by atoms with Gasteiger partial charge in [0.05, 0.1) is 0 Å². The lowest BCUT2D eigenvalue weighted by atomic mass is 9.98. The van der Waals surface area contributed by atoms with Crippen LogP contribution in [0, 0.1) is 0 Å². The molecule has 0 aromatic carbocycles. The zero-order valence-corrected chi connectivity index (χ0v) is 17.8. The maximum absolute atomic E-state index is 12.6. The lowest BCUT2D eigenvalue weighted by Crippen LogP contribution is -2.51. The minimum atomic E-state index is -1.64. The Balaban J connectivity index is 2.05. The van der Waals surface area contributed by atoms with E-state index in [9.17, 15) is 39.4 Å². The maximum atomic E-state index is 12.6. The van der Waals surface area contributed by atoms with Crippen molar-refractivity contribution in [2.24, 2.45) is 16.5 Å². The molecule has 0 radical (unpaired) electrons. The van der Waals surface area contributed by atoms with Gasteiger partial charge in [-0.2, -0.15) is 0 Å². The molecule has 188 valence electrons. The van der Waals surface area contributed by atoms with Gasteiger partial charge in [0.1, 0.15) is 37.0 Å². The summed E-state index contributed by atoms with van der Waals surface area (Å²) in [6.45, 7) is -1.13. The first kappa shape index (κ1) is 26.7. The third-order valence-corrected chi connectivity index (χ3v) is 5.05. The standard InChI is InChI=1S/C18H26N6O10/c19-18(20)22-6-11(26)24(33)8(2-4-12(27)28)17(32)21-5-9-13(29)14(30)15(34-9)7-1-3-10(25)23-16(7)31/h1,8-9,13-15,29-30,33H,2-6H2,(H,21,32)(H,27,28)(H4,19,20,22)(H,23,25,31)/t8-,9+,13+,14+,15-/m0/s1. The Bertz CT molecular complexity index is 902. The van der Waals surface area contributed by atoms with Crippen molar-refractivity contribution in [3.63, 3.8) is 0 Å². The number of hydrogen-bond donors (Lipinski definition) is 8. The number of imide groups is 1. The third-order valence-electron chi connectivity index (χ3n) is 5.05. The minimum absolute atomic E-state index is 0.00247. The van der Waals surface area contributed by atoms with Gasteiger partial charge in [0.25, 0.3) is 11.8 Å². The molecule has 5 atom stereocenters. The molecule has 16 heteroatoms. The normalized spacial score (nSPS) is 25.1. The van der Waals surface area contributed by atoms with Crippen LogP contribution in [0.15, 0.2) is 16.6 Å². The van der Waals surface area contributed by atoms with Crippen LogP contribution in [0.1, 0.15) is 19.3 Å². The quantitative estimate of drug-likeness (QED) is 0.0476. The number of guanidine groups is 1. The maximum Gasteiger partial charge on any atom is 0.303 e. The molecule has 0 saturated carbocycles. The fraction of sp³-hybridized carbons (Fsp3) is 0.556. The molecule has 2 aliphatic heterocycles. The van der Waals surface area contributed by atoms with Gasteiger partial charge in [-0.25, -0.2) is 10.1 Å². The molecular formula is C18H26N6O10. The molecular weight excluding hydrogens is 460 g/mol. The lowest BCUT2D eigenvalue weighted by Gasteiger charge is -2.25. The molecule has 0 spiro atoms. The van der Waals surface area contributed by atoms with Crippen LogP contribution in [0.3, 0.4) is 0 Å². The van der Waals surface area contributed by atoms with Gasteiger partial charge in [-0.3, -0.25) is 34.5 Å². The van der Waals surface area contributed by atoms with Crippen LogP contribution in [-0.4, -0.2) is 105 Å². The van der Waals surface area contributed by atoms with Crippen LogP contribution in [-0.2, 0) is 28.7 Å². The summed E-state index contributed by atoms with van der Waals surface area (Å²) in [7, 11) is 0. The van der Waals surface area contributed by atoms with E-state index in [0.717, 1.165) is 0 Å². The average molecular weight is 486 g/mol. The number of hydroxylamine groups is 2. The predicted octanol–water partition coefficient (Wildman–Crippen LogP) is -4.71. The van der Waals surface area contributed by atoms with E-state index in [1.807, 2.05) is 0 Å². The Morgan fingerprint density at radius 3 is 2.53 bits per heavy atom. The fourth-order valence-electron chi connectivity index (χ4n) is 3.31. The van der Waals surface area contributed by atoms with Gasteiger partial charge in [-0.05, 0) is 6.42 Å². The van der Waals surface area contributed by atoms with E-state index >= 15 is 0 Å². The van der Waals surface area contributed by atoms with Crippen LogP contribution in [0.25, 0.3) is 0 Å². The summed E-state index contributed by atoms with van der Waals surface area (Å²) in [5.41, 5.74) is 10.2. The lowest BCUT2D eigenvalue weighted by molar-refractivity contribution is -0.179. The molecule has 34 heavy (non-hydrogen) atoms. The highest BCUT2D eigenvalue weighted by atomic mass is 16.5. The average Bonchev–Trinajstić information content (AvgIpc) is 3.04. The Morgan fingerprint density at radius 2 is 1.94 bits per heavy atom. The highest BCUT2D eigenvalue weighted by molar-refractivity contribution is 6.08. The summed E-state index contributed by atoms with van der Waals surface area (Å²) in [5, 5.41) is 43.9. The highest BCUT2D eigenvalue weighted by Gasteiger charge is 2.46. The largest absolute Gasteiger partial charge is 0.481 e. The van der Waals surface area contributed by atoms with E-state index in [1.165, 1.54) is 6.08 Å². The van der Waals surface area contributed by atoms with Gasteiger partial charge in [0.15, 0.2) is 5.96 Å². The van der Waals surface area contributed by atoms with Crippen molar-refractivity contribution in [3.8, 4) is 0 Å². The topological polar surface area (TPSA) is 267 Å². The SMILES string of the molecule is NC(N)=NCC(=O)N(O)[C@@H](CCC(=O)O)C(=O)NC[C@H]1O[C@@H](C2=CCC(=O)NC2=O)[C@H](O)[C@@H]1O. The Morgan fingerprint density at radius 1 is 1.26 bits per heavy atom. The summed E-state index contributed by atoms with van der Waals surface area (Å²) >= 11 is 0. The van der Waals surface area contributed by atoms with Crippen LogP contribution < -0.4 is 22.1 Å². The number of ether oxygens (including phenoxy) is 1. The Hall–Kier alpha value is -3.60. The number of aliphatic hydroxyl groups is 2. The second kappa shape index (κ2) is 11.5. The molecule has 0 aromatic rings. The van der Waals surface area contributed by atoms with E-state index in [-0.39, 0.29) is 17.1 Å². The smallest absolute Gasteiger partial charge is 0.303 e. The van der Waals surface area contributed by atoms with Gasteiger partial charge < -0.3 is 36.8 Å². The number of amides is 4. The van der Waals surface area contributed by atoms with Crippen LogP contribution in [0.5, 0.6) is 0 Å². The van der Waals surface area contributed by atoms with Gasteiger partial charge in [0.2, 0.25) is 11.8 Å². The first-order valence-electron chi connectivity index (χ1n) is 10.0. The number of hydrogen-bond acceptors (Lipinski definition) is 10. The van der Waals surface area contributed by atoms with Gasteiger partial charge in [-0.1, -0.05) is 6.08 Å². The van der Waals surface area contributed by atoms with E-state index in [1.54, 1.807) is 0 Å². The number of rotatable bonds is 10. The molecule has 10 N–H and O–H groups in total. The molecule has 2 heterocycles. The van der Waals surface area contributed by atoms with Gasteiger partial charge in [-0.15, -0.1) is 0 Å². The van der Waals surface area contributed by atoms with Crippen molar-refractivity contribution in [2.75, 3.05) is 13.1 Å². The van der Waals surface area contributed by atoms with Crippen molar-refractivity contribution in [3.05, 3.63) is 11.6 Å². The van der Waals surface area contributed by atoms with Gasteiger partial charge >= 0.3 is 5.97 Å². The van der Waals surface area contributed by atoms with Gasteiger partial charge in [0, 0.05) is 25.0 Å². The number of carboxylic acids is 1. The second-order valence-corrected chi connectivity index (χ2v) is 7.49. The van der Waals surface area contributed by atoms with Crippen molar-refractivity contribution >= 4 is 35.6 Å². The fourth-order valence-corrected chi connectivity index (χ4v) is 3.31. The number of aliphatic hydroxyl groups excluding tert-OH is 2. The first-order chi connectivity index (χ1) is 15.9. The summed E-state index contributed by atoms with van der Waals surface area (Å²) in [5.74, 6) is -5.14. The molecule has 4 amide bonds. The third kappa shape index (κ3) is 6.70. The number of carboxylic acid groups (broad SMARTS) is 1. The predicted molar refractivity (Wildman–Crippen MR) is 110 cm³/mol. The van der Waals surface area contributed by atoms with Crippen LogP contribution in [0.2, 0.25) is 0 Å². The number of nitrogens with two attached hydrogens (primary N) is 2. The number of aliphatic carboxylic acids is 1. The van der Waals surface area contributed by atoms with Crippen LogP contribution in [0.4, 0.5) is 0 Å². The first-order valence-corrected chi connectivity index (χ1v) is 10.0. The summed E-state index contributed by atoms with van der Waals surface area (Å²) in [6.07, 6.45) is -5.48. The molecule has 2 aliphatic rings. The molecule has 0 unspecified atom stereocenters. The molecule has 16 nitrogen and oxygen atoms in total. The van der Waals surface area contributed by atoms with Crippen molar-refractivity contribution in [1.29, 1.82) is 0 Å². The van der Waals surface area contributed by atoms with Crippen LogP contribution >= 0.6 is 0 Å². The summed E-state index contributed by atoms with van der Waals surface area (Å²) in [6, 6.07) is -1.64. The minimum Gasteiger partial charge on any atom is -0.481 e. The number of carbonyl (C=O) groups is 5. The van der Waals surface area contributed by atoms with E-state index < -0.39 is 91.9 Å². The zero-order valence-electron chi connectivity index (χ0n) is 17.8. The molecule has 0 aromatic heterocycles. The number of aliphatic imine (C=N–C) groups is 1. The zero-order chi connectivity index (χ0) is 25.6. The highest BCUT2D eigenvalue weighted by Crippen LogP contribution is 2.28. The molecule has 1 saturated heterocycles. The molecule has 0 bridgehead atoms. The number of carbonyl (C=O) groups excluding carboxylic acids is 4. The molecule has 1 fully saturated rings. The summed E-state index contributed by atoms with van der Waals surface area (Å²) < 4.78 is 5.49. The summed E-state index contributed by atoms with van der Waals surface area (Å²) in [4.78, 5) is 62.2. The Labute approximate surface area is 192 Å². The second-order valence-electron chi connectivity index (χ2n) is 7.49. The molecule has 2 rings (SSSR count).